The van der Waals surface area contributed by atoms with Gasteiger partial charge in [0.1, 0.15) is 0 Å². The fraction of sp³-hybridized carbons (Fsp3) is 0.800. The number of nitrogens with zero attached hydrogens (tertiary/aromatic N) is 3. The first-order valence-corrected chi connectivity index (χ1v) is 7.70. The molecule has 1 aromatic rings. The van der Waals surface area contributed by atoms with Crippen LogP contribution in [0.4, 0.5) is 0 Å². The number of hydrogen-bond acceptors (Lipinski definition) is 3. The average molecular weight is 264 g/mol. The van der Waals surface area contributed by atoms with Crippen molar-refractivity contribution in [2.24, 2.45) is 5.73 Å². The van der Waals surface area contributed by atoms with Gasteiger partial charge >= 0.3 is 0 Å². The van der Waals surface area contributed by atoms with E-state index in [0.29, 0.717) is 18.6 Å². The van der Waals surface area contributed by atoms with Crippen LogP contribution in [0.2, 0.25) is 0 Å². The van der Waals surface area contributed by atoms with Gasteiger partial charge in [-0.05, 0) is 26.8 Å². The summed E-state index contributed by atoms with van der Waals surface area (Å²) < 4.78 is 1.99. The van der Waals surface area contributed by atoms with Crippen molar-refractivity contribution >= 4 is 0 Å². The molecule has 4 heteroatoms. The van der Waals surface area contributed by atoms with Crippen LogP contribution < -0.4 is 5.73 Å². The summed E-state index contributed by atoms with van der Waals surface area (Å²) in [4.78, 5) is 2.49. The lowest BCUT2D eigenvalue weighted by atomic mass is 10.0. The molecular weight excluding hydrogens is 236 g/mol. The Morgan fingerprint density at radius 3 is 2.58 bits per heavy atom. The van der Waals surface area contributed by atoms with Crippen LogP contribution in [0.25, 0.3) is 0 Å². The van der Waals surface area contributed by atoms with Crippen LogP contribution in [0.5, 0.6) is 0 Å². The molecule has 1 heterocycles. The van der Waals surface area contributed by atoms with Crippen molar-refractivity contribution in [3.05, 3.63) is 18.0 Å². The van der Waals surface area contributed by atoms with Crippen LogP contribution in [0.3, 0.4) is 0 Å². The lowest BCUT2D eigenvalue weighted by molar-refractivity contribution is 0.161. The monoisotopic (exact) mass is 264 g/mol. The standard InChI is InChI=1S/C15H28N4/c1-3-19-12-13(11-17-19)15(10-16)18(2)14-8-6-4-5-7-9-14/h11-12,14-15H,3-10,16H2,1-2H3. The molecule has 4 nitrogen and oxygen atoms in total. The van der Waals surface area contributed by atoms with Crippen molar-refractivity contribution in [1.82, 2.24) is 14.7 Å². The predicted molar refractivity (Wildman–Crippen MR) is 78.9 cm³/mol. The Bertz CT molecular complexity index is 366. The molecule has 1 fully saturated rings. The minimum Gasteiger partial charge on any atom is -0.329 e. The van der Waals surface area contributed by atoms with E-state index in [4.69, 9.17) is 5.73 Å². The molecule has 108 valence electrons. The third-order valence-electron chi connectivity index (χ3n) is 4.48. The average Bonchev–Trinajstić information content (AvgIpc) is 2.73. The highest BCUT2D eigenvalue weighted by Crippen LogP contribution is 2.27. The third-order valence-corrected chi connectivity index (χ3v) is 4.48. The van der Waals surface area contributed by atoms with E-state index in [0.717, 1.165) is 6.54 Å². The molecular formula is C15H28N4. The molecule has 1 unspecified atom stereocenters. The summed E-state index contributed by atoms with van der Waals surface area (Å²) in [5, 5.41) is 4.38. The smallest absolute Gasteiger partial charge is 0.0538 e. The molecule has 1 aromatic heterocycles. The summed E-state index contributed by atoms with van der Waals surface area (Å²) in [5.74, 6) is 0. The second-order valence-electron chi connectivity index (χ2n) is 5.69. The van der Waals surface area contributed by atoms with Crippen molar-refractivity contribution in [3.8, 4) is 0 Å². The van der Waals surface area contributed by atoms with Gasteiger partial charge < -0.3 is 5.73 Å². The predicted octanol–water partition coefficient (Wildman–Crippen LogP) is 2.56. The first-order chi connectivity index (χ1) is 9.26. The van der Waals surface area contributed by atoms with Crippen LogP contribution in [-0.4, -0.2) is 34.3 Å². The fourth-order valence-corrected chi connectivity index (χ4v) is 3.18. The first kappa shape index (κ1) is 14.5. The fourth-order valence-electron chi connectivity index (χ4n) is 3.18. The van der Waals surface area contributed by atoms with Crippen molar-refractivity contribution < 1.29 is 0 Å². The van der Waals surface area contributed by atoms with Crippen molar-refractivity contribution in [3.63, 3.8) is 0 Å². The number of hydrogen-bond donors (Lipinski definition) is 1. The first-order valence-electron chi connectivity index (χ1n) is 7.70. The number of nitrogens with two attached hydrogens (primary N) is 1. The Labute approximate surface area is 117 Å². The number of aryl methyl sites for hydroxylation is 1. The van der Waals surface area contributed by atoms with Gasteiger partial charge in [0.15, 0.2) is 0 Å². The van der Waals surface area contributed by atoms with Gasteiger partial charge in [0, 0.05) is 30.9 Å². The summed E-state index contributed by atoms with van der Waals surface area (Å²) in [6.45, 7) is 3.70. The van der Waals surface area contributed by atoms with E-state index in [2.05, 4.69) is 30.2 Å². The molecule has 0 aliphatic heterocycles. The van der Waals surface area contributed by atoms with E-state index in [9.17, 15) is 0 Å². The molecule has 0 saturated heterocycles. The normalized spacial score (nSPS) is 19.6. The van der Waals surface area contributed by atoms with Gasteiger partial charge in [-0.25, -0.2) is 0 Å². The number of rotatable bonds is 5. The molecule has 19 heavy (non-hydrogen) atoms. The highest BCUT2D eigenvalue weighted by Gasteiger charge is 2.24. The summed E-state index contributed by atoms with van der Waals surface area (Å²) in [7, 11) is 2.23. The van der Waals surface area contributed by atoms with Crippen molar-refractivity contribution in [2.45, 2.75) is 64.1 Å². The van der Waals surface area contributed by atoms with Crippen LogP contribution >= 0.6 is 0 Å². The number of aromatic nitrogens is 2. The Balaban J connectivity index is 2.06. The maximum absolute atomic E-state index is 6.02. The third kappa shape index (κ3) is 3.57. The zero-order valence-electron chi connectivity index (χ0n) is 12.4. The molecule has 0 radical (unpaired) electrons. The van der Waals surface area contributed by atoms with E-state index >= 15 is 0 Å². The second-order valence-corrected chi connectivity index (χ2v) is 5.69. The Morgan fingerprint density at radius 1 is 1.37 bits per heavy atom. The molecule has 0 aromatic carbocycles. The van der Waals surface area contributed by atoms with Crippen LogP contribution in [0.15, 0.2) is 12.4 Å². The van der Waals surface area contributed by atoms with Gasteiger partial charge in [0.25, 0.3) is 0 Å². The maximum atomic E-state index is 6.02. The van der Waals surface area contributed by atoms with Crippen LogP contribution in [0, 0.1) is 0 Å². The van der Waals surface area contributed by atoms with E-state index in [1.807, 2.05) is 10.9 Å². The molecule has 2 rings (SSSR count). The summed E-state index contributed by atoms with van der Waals surface area (Å²) in [5.41, 5.74) is 7.28. The lowest BCUT2D eigenvalue weighted by Gasteiger charge is -2.33. The van der Waals surface area contributed by atoms with Crippen LogP contribution in [-0.2, 0) is 6.54 Å². The molecule has 1 aliphatic carbocycles. The minimum atomic E-state index is 0.309. The molecule has 1 atom stereocenters. The molecule has 0 amide bonds. The highest BCUT2D eigenvalue weighted by atomic mass is 15.3. The second kappa shape index (κ2) is 7.06. The topological polar surface area (TPSA) is 47.1 Å². The van der Waals surface area contributed by atoms with Crippen molar-refractivity contribution in [2.75, 3.05) is 13.6 Å². The SMILES string of the molecule is CCn1cc(C(CN)N(C)C2CCCCCC2)cn1. The largest absolute Gasteiger partial charge is 0.329 e. The van der Waals surface area contributed by atoms with Gasteiger partial charge in [-0.15, -0.1) is 0 Å². The summed E-state index contributed by atoms with van der Waals surface area (Å²) in [6.07, 6.45) is 12.3. The molecule has 1 saturated carbocycles. The molecule has 0 spiro atoms. The highest BCUT2D eigenvalue weighted by molar-refractivity contribution is 5.11. The Kier molecular flexibility index (Phi) is 5.40. The Hall–Kier alpha value is -0.870. The zero-order chi connectivity index (χ0) is 13.7. The molecule has 0 bridgehead atoms. The minimum absolute atomic E-state index is 0.309. The lowest BCUT2D eigenvalue weighted by Crippen LogP contribution is -2.38. The van der Waals surface area contributed by atoms with Gasteiger partial charge in [-0.3, -0.25) is 9.58 Å². The molecule has 1 aliphatic rings. The van der Waals surface area contributed by atoms with E-state index < -0.39 is 0 Å². The van der Waals surface area contributed by atoms with E-state index in [1.165, 1.54) is 44.1 Å². The van der Waals surface area contributed by atoms with Gasteiger partial charge in [0.05, 0.1) is 12.2 Å². The van der Waals surface area contributed by atoms with E-state index in [1.54, 1.807) is 0 Å². The maximum Gasteiger partial charge on any atom is 0.0538 e. The summed E-state index contributed by atoms with van der Waals surface area (Å²) >= 11 is 0. The quantitative estimate of drug-likeness (QED) is 0.831. The van der Waals surface area contributed by atoms with Gasteiger partial charge in [-0.2, -0.15) is 5.10 Å². The number of likely N-dealkylation sites (N-methyl/N-ethyl adjacent to an activating group) is 1. The van der Waals surface area contributed by atoms with Gasteiger partial charge in [-0.1, -0.05) is 25.7 Å². The van der Waals surface area contributed by atoms with Gasteiger partial charge in [0.2, 0.25) is 0 Å². The van der Waals surface area contributed by atoms with E-state index in [-0.39, 0.29) is 0 Å². The molecule has 2 N–H and O–H groups in total. The zero-order valence-corrected chi connectivity index (χ0v) is 12.4. The Morgan fingerprint density at radius 2 is 2.05 bits per heavy atom. The summed E-state index contributed by atoms with van der Waals surface area (Å²) in [6, 6.07) is 0.990. The van der Waals surface area contributed by atoms with Crippen LogP contribution in [0.1, 0.15) is 57.1 Å². The van der Waals surface area contributed by atoms with Crippen molar-refractivity contribution in [1.29, 1.82) is 0 Å².